The summed E-state index contributed by atoms with van der Waals surface area (Å²) in [5.41, 5.74) is 5.84. The first-order chi connectivity index (χ1) is 10.9. The van der Waals surface area contributed by atoms with Crippen molar-refractivity contribution in [2.24, 2.45) is 5.73 Å². The molecule has 2 aliphatic rings. The second kappa shape index (κ2) is 8.98. The molecule has 2 heterocycles. The average Bonchev–Trinajstić information content (AvgIpc) is 2.86. The van der Waals surface area contributed by atoms with Crippen molar-refractivity contribution in [3.05, 3.63) is 0 Å². The molecule has 0 aliphatic carbocycles. The van der Waals surface area contributed by atoms with Crippen molar-refractivity contribution in [3.8, 4) is 0 Å². The molecule has 0 aromatic heterocycles. The summed E-state index contributed by atoms with van der Waals surface area (Å²) in [5, 5.41) is 0. The quantitative estimate of drug-likeness (QED) is 0.656. The van der Waals surface area contributed by atoms with Crippen LogP contribution in [-0.2, 0) is 19.2 Å². The van der Waals surface area contributed by atoms with Gasteiger partial charge in [-0.15, -0.1) is 12.4 Å². The van der Waals surface area contributed by atoms with E-state index in [9.17, 15) is 19.2 Å². The molecule has 9 heteroatoms. The summed E-state index contributed by atoms with van der Waals surface area (Å²) in [4.78, 5) is 51.7. The molecule has 0 spiro atoms. The Morgan fingerprint density at radius 1 is 1.04 bits per heavy atom. The third-order valence-corrected chi connectivity index (χ3v) is 4.31. The molecule has 2 aliphatic heterocycles. The fourth-order valence-corrected chi connectivity index (χ4v) is 2.88. The second-order valence-corrected chi connectivity index (χ2v) is 5.97. The van der Waals surface area contributed by atoms with Crippen LogP contribution in [0.15, 0.2) is 0 Å². The van der Waals surface area contributed by atoms with Gasteiger partial charge in [0.15, 0.2) is 0 Å². The summed E-state index contributed by atoms with van der Waals surface area (Å²) in [6, 6.07) is -0.484. The Balaban J connectivity index is 0.00000288. The number of carbonyl (C=O) groups is 4. The summed E-state index contributed by atoms with van der Waals surface area (Å²) in [6.07, 6.45) is 1.87. The maximum Gasteiger partial charge on any atom is 0.242 e. The monoisotopic (exact) mass is 360 g/mol. The number of halogens is 1. The van der Waals surface area contributed by atoms with Gasteiger partial charge in [-0.2, -0.15) is 0 Å². The number of nitrogens with zero attached hydrogens (tertiary/aromatic N) is 3. The first-order valence-corrected chi connectivity index (χ1v) is 8.09. The van der Waals surface area contributed by atoms with E-state index in [1.54, 1.807) is 9.80 Å². The zero-order valence-electron chi connectivity index (χ0n) is 13.9. The summed E-state index contributed by atoms with van der Waals surface area (Å²) in [7, 11) is 0. The average molecular weight is 361 g/mol. The number of hydrogen-bond donors (Lipinski definition) is 1. The second-order valence-electron chi connectivity index (χ2n) is 5.97. The van der Waals surface area contributed by atoms with Crippen molar-refractivity contribution in [1.82, 2.24) is 14.7 Å². The number of nitrogens with two attached hydrogens (primary N) is 1. The van der Waals surface area contributed by atoms with E-state index >= 15 is 0 Å². The third kappa shape index (κ3) is 4.67. The number of likely N-dealkylation sites (tertiary alicyclic amines) is 1. The highest BCUT2D eigenvalue weighted by molar-refractivity contribution is 6.04. The minimum absolute atomic E-state index is 0. The molecule has 1 atom stereocenters. The van der Waals surface area contributed by atoms with Crippen molar-refractivity contribution in [3.63, 3.8) is 0 Å². The van der Waals surface area contributed by atoms with E-state index in [-0.39, 0.29) is 55.4 Å². The van der Waals surface area contributed by atoms with Crippen molar-refractivity contribution in [2.45, 2.75) is 38.6 Å². The number of imide groups is 1. The Kier molecular flexibility index (Phi) is 7.62. The van der Waals surface area contributed by atoms with Crippen LogP contribution in [0.3, 0.4) is 0 Å². The minimum atomic E-state index is -0.484. The van der Waals surface area contributed by atoms with Crippen molar-refractivity contribution in [1.29, 1.82) is 0 Å². The van der Waals surface area contributed by atoms with E-state index < -0.39 is 6.04 Å². The Morgan fingerprint density at radius 2 is 1.54 bits per heavy atom. The largest absolute Gasteiger partial charge is 0.338 e. The van der Waals surface area contributed by atoms with Crippen molar-refractivity contribution in [2.75, 3.05) is 32.7 Å². The molecule has 0 aromatic carbocycles. The minimum Gasteiger partial charge on any atom is -0.338 e. The van der Waals surface area contributed by atoms with E-state index in [0.717, 1.165) is 11.3 Å². The molecular formula is C15H25ClN4O4. The number of rotatable bonds is 5. The van der Waals surface area contributed by atoms with Crippen LogP contribution in [0.4, 0.5) is 0 Å². The van der Waals surface area contributed by atoms with Crippen LogP contribution in [0.5, 0.6) is 0 Å². The molecule has 24 heavy (non-hydrogen) atoms. The molecule has 2 rings (SSSR count). The fraction of sp³-hybridized carbons (Fsp3) is 0.733. The summed E-state index contributed by atoms with van der Waals surface area (Å²) >= 11 is 0. The first kappa shape index (κ1) is 20.4. The van der Waals surface area contributed by atoms with Gasteiger partial charge >= 0.3 is 0 Å². The number of piperazine rings is 1. The molecule has 0 radical (unpaired) electrons. The SMILES string of the molecule is CCCC(N)C(=O)N1CCN(C(=O)CN2C(=O)CCC2=O)CC1.Cl. The smallest absolute Gasteiger partial charge is 0.242 e. The lowest BCUT2D eigenvalue weighted by Crippen LogP contribution is -2.55. The highest BCUT2D eigenvalue weighted by atomic mass is 35.5. The topological polar surface area (TPSA) is 104 Å². The van der Waals surface area contributed by atoms with Gasteiger partial charge in [-0.1, -0.05) is 13.3 Å². The van der Waals surface area contributed by atoms with Crippen LogP contribution in [0, 0.1) is 0 Å². The Morgan fingerprint density at radius 3 is 2.04 bits per heavy atom. The highest BCUT2D eigenvalue weighted by Gasteiger charge is 2.33. The molecule has 2 fully saturated rings. The Hall–Kier alpha value is -1.67. The number of carbonyl (C=O) groups excluding carboxylic acids is 4. The van der Waals surface area contributed by atoms with Gasteiger partial charge < -0.3 is 15.5 Å². The number of hydrogen-bond acceptors (Lipinski definition) is 5. The van der Waals surface area contributed by atoms with E-state index in [2.05, 4.69) is 0 Å². The van der Waals surface area contributed by atoms with Crippen LogP contribution in [0.2, 0.25) is 0 Å². The molecule has 2 saturated heterocycles. The molecular weight excluding hydrogens is 336 g/mol. The number of amides is 4. The third-order valence-electron chi connectivity index (χ3n) is 4.31. The van der Waals surface area contributed by atoms with Crippen LogP contribution in [0.1, 0.15) is 32.6 Å². The van der Waals surface area contributed by atoms with Gasteiger partial charge in [-0.3, -0.25) is 24.1 Å². The fourth-order valence-electron chi connectivity index (χ4n) is 2.88. The van der Waals surface area contributed by atoms with Gasteiger partial charge in [0.05, 0.1) is 6.04 Å². The summed E-state index contributed by atoms with van der Waals surface area (Å²) < 4.78 is 0. The van der Waals surface area contributed by atoms with Crippen molar-refractivity contribution >= 4 is 36.0 Å². The molecule has 136 valence electrons. The van der Waals surface area contributed by atoms with E-state index in [0.29, 0.717) is 32.6 Å². The van der Waals surface area contributed by atoms with Gasteiger partial charge in [-0.25, -0.2) is 0 Å². The van der Waals surface area contributed by atoms with Crippen molar-refractivity contribution < 1.29 is 19.2 Å². The predicted molar refractivity (Wildman–Crippen MR) is 89.2 cm³/mol. The molecule has 2 N–H and O–H groups in total. The zero-order valence-corrected chi connectivity index (χ0v) is 14.7. The highest BCUT2D eigenvalue weighted by Crippen LogP contribution is 2.13. The molecule has 0 aromatic rings. The van der Waals surface area contributed by atoms with Crippen LogP contribution in [0.25, 0.3) is 0 Å². The standard InChI is InChI=1S/C15H24N4O4.ClH/c1-2-3-11(16)15(23)18-8-6-17(7-9-18)14(22)10-19-12(20)4-5-13(19)21;/h11H,2-10,16H2,1H3;1H. The van der Waals surface area contributed by atoms with Crippen LogP contribution < -0.4 is 5.73 Å². The summed E-state index contributed by atoms with van der Waals surface area (Å²) in [5.74, 6) is -0.909. The van der Waals surface area contributed by atoms with Gasteiger partial charge in [0, 0.05) is 39.0 Å². The van der Waals surface area contributed by atoms with Gasteiger partial charge in [0.25, 0.3) is 0 Å². The Bertz CT molecular complexity index is 490. The molecule has 8 nitrogen and oxygen atoms in total. The molecule has 1 unspecified atom stereocenters. The first-order valence-electron chi connectivity index (χ1n) is 8.09. The maximum absolute atomic E-state index is 12.2. The van der Waals surface area contributed by atoms with E-state index in [1.165, 1.54) is 0 Å². The molecule has 4 amide bonds. The lowest BCUT2D eigenvalue weighted by atomic mass is 10.1. The van der Waals surface area contributed by atoms with E-state index in [1.807, 2.05) is 6.92 Å². The van der Waals surface area contributed by atoms with Crippen LogP contribution in [-0.4, -0.2) is 77.1 Å². The molecule has 0 bridgehead atoms. The lowest BCUT2D eigenvalue weighted by molar-refractivity contribution is -0.147. The normalized spacial score (nSPS) is 19.3. The van der Waals surface area contributed by atoms with Gasteiger partial charge in [0.1, 0.15) is 6.54 Å². The summed E-state index contributed by atoms with van der Waals surface area (Å²) in [6.45, 7) is 3.46. The maximum atomic E-state index is 12.2. The lowest BCUT2D eigenvalue weighted by Gasteiger charge is -2.36. The molecule has 0 saturated carbocycles. The zero-order chi connectivity index (χ0) is 17.0. The predicted octanol–water partition coefficient (Wildman–Crippen LogP) is -0.645. The Labute approximate surface area is 147 Å². The van der Waals surface area contributed by atoms with Gasteiger partial charge in [-0.05, 0) is 6.42 Å². The van der Waals surface area contributed by atoms with E-state index in [4.69, 9.17) is 5.73 Å². The van der Waals surface area contributed by atoms with Gasteiger partial charge in [0.2, 0.25) is 23.6 Å². The van der Waals surface area contributed by atoms with Crippen LogP contribution >= 0.6 is 12.4 Å².